The lowest BCUT2D eigenvalue weighted by Gasteiger charge is -2.36. The summed E-state index contributed by atoms with van der Waals surface area (Å²) < 4.78 is 5.91. The number of nitrogens with two attached hydrogens (primary N) is 1. The van der Waals surface area contributed by atoms with E-state index in [1.54, 1.807) is 0 Å². The fraction of sp³-hybridized carbons (Fsp3) is 0.588. The third-order valence-corrected chi connectivity index (χ3v) is 3.85. The number of carbonyl (C=O) groups is 1. The first-order valence-corrected chi connectivity index (χ1v) is 7.75. The fourth-order valence-corrected chi connectivity index (χ4v) is 2.50. The molecule has 0 fully saturated rings. The molecule has 0 bridgehead atoms. The Morgan fingerprint density at radius 2 is 2.00 bits per heavy atom. The molecule has 4 nitrogen and oxygen atoms in total. The third-order valence-electron chi connectivity index (χ3n) is 3.85. The maximum absolute atomic E-state index is 12.7. The molecule has 1 aromatic carbocycles. The maximum Gasteiger partial charge on any atom is 0.268 e. The summed E-state index contributed by atoms with van der Waals surface area (Å²) in [5.41, 5.74) is 7.59. The summed E-state index contributed by atoms with van der Waals surface area (Å²) in [6, 6.07) is 5.87. The van der Waals surface area contributed by atoms with Crippen LogP contribution in [0.2, 0.25) is 0 Å². The van der Waals surface area contributed by atoms with E-state index in [9.17, 15) is 4.79 Å². The van der Waals surface area contributed by atoms with Gasteiger partial charge >= 0.3 is 0 Å². The Kier molecular flexibility index (Phi) is 4.88. The molecular weight excluding hydrogens is 264 g/mol. The zero-order valence-corrected chi connectivity index (χ0v) is 13.4. The molecular formula is C17H26N2O2. The van der Waals surface area contributed by atoms with Gasteiger partial charge in [-0.25, -0.2) is 0 Å². The van der Waals surface area contributed by atoms with Gasteiger partial charge in [-0.15, -0.1) is 0 Å². The largest absolute Gasteiger partial charge is 0.478 e. The molecule has 0 aromatic heterocycles. The van der Waals surface area contributed by atoms with E-state index in [1.807, 2.05) is 36.9 Å². The highest BCUT2D eigenvalue weighted by Crippen LogP contribution is 2.36. The Morgan fingerprint density at radius 3 is 2.57 bits per heavy atom. The molecule has 116 valence electrons. The van der Waals surface area contributed by atoms with E-state index in [-0.39, 0.29) is 11.8 Å². The van der Waals surface area contributed by atoms with Crippen molar-refractivity contribution < 1.29 is 9.53 Å². The summed E-state index contributed by atoms with van der Waals surface area (Å²) in [6.07, 6.45) is 0.580. The van der Waals surface area contributed by atoms with Gasteiger partial charge in [0.05, 0.1) is 5.69 Å². The number of hydrogen-bond acceptors (Lipinski definition) is 3. The number of anilines is 1. The molecule has 4 heteroatoms. The van der Waals surface area contributed by atoms with Crippen molar-refractivity contribution in [3.05, 3.63) is 23.8 Å². The molecule has 0 saturated carbocycles. The number of fused-ring (bicyclic) bond motifs is 1. The topological polar surface area (TPSA) is 55.6 Å². The number of hydrogen-bond donors (Lipinski definition) is 1. The zero-order chi connectivity index (χ0) is 15.6. The first-order chi connectivity index (χ1) is 9.93. The summed E-state index contributed by atoms with van der Waals surface area (Å²) >= 11 is 0. The first kappa shape index (κ1) is 15.8. The van der Waals surface area contributed by atoms with Crippen LogP contribution in [-0.2, 0) is 11.3 Å². The molecule has 0 spiro atoms. The smallest absolute Gasteiger partial charge is 0.268 e. The quantitative estimate of drug-likeness (QED) is 0.907. The lowest BCUT2D eigenvalue weighted by atomic mass is 10.0. The van der Waals surface area contributed by atoms with Gasteiger partial charge in [0.15, 0.2) is 6.10 Å². The third kappa shape index (κ3) is 3.38. The Hall–Kier alpha value is -1.55. The summed E-state index contributed by atoms with van der Waals surface area (Å²) in [6.45, 7) is 9.56. The van der Waals surface area contributed by atoms with Gasteiger partial charge in [-0.05, 0) is 36.0 Å². The van der Waals surface area contributed by atoms with Crippen molar-refractivity contribution in [1.29, 1.82) is 0 Å². The van der Waals surface area contributed by atoms with Gasteiger partial charge in [-0.2, -0.15) is 0 Å². The van der Waals surface area contributed by atoms with Crippen molar-refractivity contribution >= 4 is 11.6 Å². The molecule has 1 heterocycles. The van der Waals surface area contributed by atoms with Crippen molar-refractivity contribution in [3.63, 3.8) is 0 Å². The van der Waals surface area contributed by atoms with Crippen LogP contribution < -0.4 is 15.4 Å². The molecule has 2 N–H and O–H groups in total. The van der Waals surface area contributed by atoms with E-state index < -0.39 is 6.10 Å². The summed E-state index contributed by atoms with van der Waals surface area (Å²) in [4.78, 5) is 14.6. The average molecular weight is 290 g/mol. The normalized spacial score (nSPS) is 18.1. The Labute approximate surface area is 127 Å². The van der Waals surface area contributed by atoms with E-state index in [4.69, 9.17) is 10.5 Å². The highest BCUT2D eigenvalue weighted by Gasteiger charge is 2.36. The number of amides is 1. The lowest BCUT2D eigenvalue weighted by Crippen LogP contribution is -2.48. The molecule has 1 amide bonds. The standard InChI is InChI=1S/C17H26N2O2/c1-11(2)7-8-19-14-9-13(10-18)5-6-15(14)21-16(12(3)4)17(19)20/h5-6,9,11-12,16H,7-8,10,18H2,1-4H3. The van der Waals surface area contributed by atoms with Gasteiger partial charge < -0.3 is 15.4 Å². The molecule has 1 aliphatic rings. The molecule has 21 heavy (non-hydrogen) atoms. The van der Waals surface area contributed by atoms with Crippen LogP contribution in [0.4, 0.5) is 5.69 Å². The average Bonchev–Trinajstić information content (AvgIpc) is 2.44. The van der Waals surface area contributed by atoms with Crippen molar-refractivity contribution in [2.24, 2.45) is 17.6 Å². The van der Waals surface area contributed by atoms with Crippen LogP contribution in [0.1, 0.15) is 39.7 Å². The number of ether oxygens (including phenoxy) is 1. The highest BCUT2D eigenvalue weighted by atomic mass is 16.5. The fourth-order valence-electron chi connectivity index (χ4n) is 2.50. The summed E-state index contributed by atoms with van der Waals surface area (Å²) in [5, 5.41) is 0. The van der Waals surface area contributed by atoms with Gasteiger partial charge in [-0.3, -0.25) is 4.79 Å². The Bertz CT molecular complexity index is 512. The van der Waals surface area contributed by atoms with Crippen molar-refractivity contribution in [1.82, 2.24) is 0 Å². The van der Waals surface area contributed by atoms with Gasteiger partial charge in [-0.1, -0.05) is 33.8 Å². The number of benzene rings is 1. The second kappa shape index (κ2) is 6.48. The predicted octanol–water partition coefficient (Wildman–Crippen LogP) is 2.94. The van der Waals surface area contributed by atoms with Gasteiger partial charge in [0.1, 0.15) is 5.75 Å². The van der Waals surface area contributed by atoms with Crippen molar-refractivity contribution in [3.8, 4) is 5.75 Å². The van der Waals surface area contributed by atoms with E-state index in [2.05, 4.69) is 13.8 Å². The summed E-state index contributed by atoms with van der Waals surface area (Å²) in [5.74, 6) is 1.56. The molecule has 2 rings (SSSR count). The van der Waals surface area contributed by atoms with Crippen LogP contribution in [0, 0.1) is 11.8 Å². The van der Waals surface area contributed by atoms with Gasteiger partial charge in [0.2, 0.25) is 0 Å². The van der Waals surface area contributed by atoms with E-state index in [0.717, 1.165) is 30.0 Å². The molecule has 1 aliphatic heterocycles. The van der Waals surface area contributed by atoms with Crippen LogP contribution in [0.5, 0.6) is 5.75 Å². The van der Waals surface area contributed by atoms with Crippen LogP contribution in [0.15, 0.2) is 18.2 Å². The van der Waals surface area contributed by atoms with Crippen LogP contribution >= 0.6 is 0 Å². The second-order valence-electron chi connectivity index (χ2n) is 6.46. The number of nitrogens with zero attached hydrogens (tertiary/aromatic N) is 1. The lowest BCUT2D eigenvalue weighted by molar-refractivity contribution is -0.128. The zero-order valence-electron chi connectivity index (χ0n) is 13.4. The van der Waals surface area contributed by atoms with Crippen molar-refractivity contribution in [2.45, 2.75) is 46.8 Å². The monoisotopic (exact) mass is 290 g/mol. The highest BCUT2D eigenvalue weighted by molar-refractivity contribution is 6.00. The minimum absolute atomic E-state index is 0.0623. The van der Waals surface area contributed by atoms with Gasteiger partial charge in [0.25, 0.3) is 5.91 Å². The molecule has 0 saturated heterocycles. The molecule has 1 aromatic rings. The van der Waals surface area contributed by atoms with E-state index >= 15 is 0 Å². The SMILES string of the molecule is CC(C)CCN1C(=O)C(C(C)C)Oc2ccc(CN)cc21. The van der Waals surface area contributed by atoms with Gasteiger partial charge in [0, 0.05) is 13.1 Å². The summed E-state index contributed by atoms with van der Waals surface area (Å²) in [7, 11) is 0. The first-order valence-electron chi connectivity index (χ1n) is 7.75. The maximum atomic E-state index is 12.7. The minimum atomic E-state index is -0.395. The Balaban J connectivity index is 2.37. The van der Waals surface area contributed by atoms with Crippen LogP contribution in [0.3, 0.4) is 0 Å². The molecule has 0 aliphatic carbocycles. The van der Waals surface area contributed by atoms with Crippen molar-refractivity contribution in [2.75, 3.05) is 11.4 Å². The number of carbonyl (C=O) groups excluding carboxylic acids is 1. The molecule has 1 unspecified atom stereocenters. The molecule has 1 atom stereocenters. The second-order valence-corrected chi connectivity index (χ2v) is 6.46. The Morgan fingerprint density at radius 1 is 1.29 bits per heavy atom. The minimum Gasteiger partial charge on any atom is -0.478 e. The molecule has 0 radical (unpaired) electrons. The van der Waals surface area contributed by atoms with Crippen LogP contribution in [0.25, 0.3) is 0 Å². The van der Waals surface area contributed by atoms with E-state index in [0.29, 0.717) is 12.5 Å². The van der Waals surface area contributed by atoms with E-state index in [1.165, 1.54) is 0 Å². The van der Waals surface area contributed by atoms with Crippen LogP contribution in [-0.4, -0.2) is 18.6 Å². The number of rotatable bonds is 5. The predicted molar refractivity (Wildman–Crippen MR) is 85.4 cm³/mol.